The molecule has 1 aliphatic rings. The summed E-state index contributed by atoms with van der Waals surface area (Å²) in [5.74, 6) is 0.453. The Kier molecular flexibility index (Phi) is 5.94. The minimum atomic E-state index is -0.888. The third-order valence-corrected chi connectivity index (χ3v) is 4.70. The van der Waals surface area contributed by atoms with Crippen LogP contribution in [0.1, 0.15) is 35.7 Å². The van der Waals surface area contributed by atoms with Gasteiger partial charge in [-0.15, -0.1) is 0 Å². The van der Waals surface area contributed by atoms with Crippen molar-refractivity contribution in [3.8, 4) is 0 Å². The summed E-state index contributed by atoms with van der Waals surface area (Å²) in [4.78, 5) is 14.6. The van der Waals surface area contributed by atoms with Gasteiger partial charge in [0.1, 0.15) is 0 Å². The molecule has 1 heterocycles. The molecular weight excluding hydrogens is 284 g/mol. The van der Waals surface area contributed by atoms with Crippen molar-refractivity contribution in [2.24, 2.45) is 0 Å². The number of hydrogen-bond acceptors (Lipinski definition) is 3. The zero-order chi connectivity index (χ0) is 15.2. The standard InChI is InChI=1S/C16H24N2O2S/c1-3-18-9-5-8-15(18)11-17-16(19)14-7-4-6-13(10-14)12-21(2)20/h4,6-7,10,15H,3,5,8-9,11-12H2,1-2H3,(H,17,19). The first-order valence-electron chi connectivity index (χ1n) is 7.51. The van der Waals surface area contributed by atoms with E-state index >= 15 is 0 Å². The lowest BCUT2D eigenvalue weighted by Crippen LogP contribution is -2.40. The lowest BCUT2D eigenvalue weighted by molar-refractivity contribution is 0.0941. The normalized spacial score (nSPS) is 20.4. The summed E-state index contributed by atoms with van der Waals surface area (Å²) in [5.41, 5.74) is 1.60. The number of likely N-dealkylation sites (N-methyl/N-ethyl adjacent to an activating group) is 1. The number of likely N-dealkylation sites (tertiary alicyclic amines) is 1. The molecule has 5 heteroatoms. The Hall–Kier alpha value is -1.20. The molecule has 21 heavy (non-hydrogen) atoms. The lowest BCUT2D eigenvalue weighted by atomic mass is 10.1. The van der Waals surface area contributed by atoms with E-state index in [4.69, 9.17) is 0 Å². The van der Waals surface area contributed by atoms with Crippen LogP contribution in [0.5, 0.6) is 0 Å². The lowest BCUT2D eigenvalue weighted by Gasteiger charge is -2.22. The van der Waals surface area contributed by atoms with Crippen LogP contribution in [-0.2, 0) is 16.6 Å². The summed E-state index contributed by atoms with van der Waals surface area (Å²) in [5, 5.41) is 3.03. The number of carbonyl (C=O) groups excluding carboxylic acids is 1. The van der Waals surface area contributed by atoms with Crippen molar-refractivity contribution in [3.05, 3.63) is 35.4 Å². The van der Waals surface area contributed by atoms with Gasteiger partial charge in [0.15, 0.2) is 0 Å². The summed E-state index contributed by atoms with van der Waals surface area (Å²) in [6, 6.07) is 7.87. The smallest absolute Gasteiger partial charge is 0.251 e. The Balaban J connectivity index is 1.92. The van der Waals surface area contributed by atoms with Crippen LogP contribution in [0.2, 0.25) is 0 Å². The van der Waals surface area contributed by atoms with E-state index in [1.807, 2.05) is 24.3 Å². The molecule has 0 spiro atoms. The van der Waals surface area contributed by atoms with Gasteiger partial charge < -0.3 is 5.32 Å². The molecule has 0 aliphatic carbocycles. The Labute approximate surface area is 129 Å². The Morgan fingerprint density at radius 1 is 1.48 bits per heavy atom. The van der Waals surface area contributed by atoms with Crippen LogP contribution < -0.4 is 5.32 Å². The number of benzene rings is 1. The quantitative estimate of drug-likeness (QED) is 0.871. The van der Waals surface area contributed by atoms with Crippen molar-refractivity contribution < 1.29 is 9.00 Å². The van der Waals surface area contributed by atoms with Gasteiger partial charge in [-0.2, -0.15) is 0 Å². The Morgan fingerprint density at radius 3 is 3.00 bits per heavy atom. The molecule has 1 N–H and O–H groups in total. The second kappa shape index (κ2) is 7.71. The van der Waals surface area contributed by atoms with Crippen LogP contribution in [0, 0.1) is 0 Å². The minimum Gasteiger partial charge on any atom is -0.350 e. The largest absolute Gasteiger partial charge is 0.350 e. The molecule has 116 valence electrons. The average Bonchev–Trinajstić information content (AvgIpc) is 2.91. The molecule has 0 bridgehead atoms. The number of rotatable bonds is 6. The predicted octanol–water partition coefficient (Wildman–Crippen LogP) is 1.78. The molecule has 2 rings (SSSR count). The SMILES string of the molecule is CCN1CCCC1CNC(=O)c1cccc(CS(C)=O)c1. The van der Waals surface area contributed by atoms with Gasteiger partial charge in [-0.3, -0.25) is 13.9 Å². The van der Waals surface area contributed by atoms with E-state index in [1.165, 1.54) is 6.42 Å². The van der Waals surface area contributed by atoms with Crippen LogP contribution >= 0.6 is 0 Å². The fourth-order valence-electron chi connectivity index (χ4n) is 2.89. The molecule has 1 aromatic carbocycles. The molecule has 1 aromatic rings. The number of nitrogens with one attached hydrogen (secondary N) is 1. The number of hydrogen-bond donors (Lipinski definition) is 1. The van der Waals surface area contributed by atoms with Gasteiger partial charge in [0.2, 0.25) is 0 Å². The summed E-state index contributed by atoms with van der Waals surface area (Å²) in [6.45, 7) is 5.04. The molecule has 4 nitrogen and oxygen atoms in total. The van der Waals surface area contributed by atoms with E-state index in [0.29, 0.717) is 23.9 Å². The summed E-state index contributed by atoms with van der Waals surface area (Å²) in [6.07, 6.45) is 4.04. The van der Waals surface area contributed by atoms with Gasteiger partial charge in [-0.25, -0.2) is 0 Å². The third kappa shape index (κ3) is 4.64. The molecule has 1 fully saturated rings. The average molecular weight is 308 g/mol. The van der Waals surface area contributed by atoms with E-state index < -0.39 is 10.8 Å². The molecular formula is C16H24N2O2S. The third-order valence-electron chi connectivity index (χ3n) is 3.96. The summed E-state index contributed by atoms with van der Waals surface area (Å²) in [7, 11) is -0.888. The van der Waals surface area contributed by atoms with Crippen molar-refractivity contribution in [2.45, 2.75) is 31.6 Å². The van der Waals surface area contributed by atoms with Gasteiger partial charge in [0.25, 0.3) is 5.91 Å². The molecule has 1 aliphatic heterocycles. The second-order valence-electron chi connectivity index (χ2n) is 5.55. The van der Waals surface area contributed by atoms with E-state index in [1.54, 1.807) is 6.26 Å². The zero-order valence-corrected chi connectivity index (χ0v) is 13.6. The number of amides is 1. The highest BCUT2D eigenvalue weighted by Crippen LogP contribution is 2.16. The highest BCUT2D eigenvalue weighted by atomic mass is 32.2. The number of nitrogens with zero attached hydrogens (tertiary/aromatic N) is 1. The first-order valence-corrected chi connectivity index (χ1v) is 9.24. The van der Waals surface area contributed by atoms with Gasteiger partial charge in [-0.1, -0.05) is 19.1 Å². The first-order chi connectivity index (χ1) is 10.1. The molecule has 1 amide bonds. The number of carbonyl (C=O) groups is 1. The maximum atomic E-state index is 12.2. The van der Waals surface area contributed by atoms with E-state index in [2.05, 4.69) is 17.1 Å². The first kappa shape index (κ1) is 16.2. The van der Waals surface area contributed by atoms with Gasteiger partial charge in [-0.05, 0) is 43.6 Å². The summed E-state index contributed by atoms with van der Waals surface area (Å²) < 4.78 is 11.3. The van der Waals surface area contributed by atoms with Crippen LogP contribution in [-0.4, -0.2) is 46.9 Å². The molecule has 0 radical (unpaired) electrons. The van der Waals surface area contributed by atoms with Crippen molar-refractivity contribution >= 4 is 16.7 Å². The van der Waals surface area contributed by atoms with E-state index in [9.17, 15) is 9.00 Å². The predicted molar refractivity (Wildman–Crippen MR) is 86.8 cm³/mol. The van der Waals surface area contributed by atoms with Crippen LogP contribution in [0.15, 0.2) is 24.3 Å². The van der Waals surface area contributed by atoms with Gasteiger partial charge >= 0.3 is 0 Å². The highest BCUT2D eigenvalue weighted by molar-refractivity contribution is 7.83. The van der Waals surface area contributed by atoms with Crippen LogP contribution in [0.25, 0.3) is 0 Å². The molecule has 2 unspecified atom stereocenters. The van der Waals surface area contributed by atoms with Crippen molar-refractivity contribution in [1.82, 2.24) is 10.2 Å². The molecule has 2 atom stereocenters. The Bertz CT molecular complexity index is 519. The zero-order valence-electron chi connectivity index (χ0n) is 12.8. The van der Waals surface area contributed by atoms with E-state index in [-0.39, 0.29) is 5.91 Å². The molecule has 0 aromatic heterocycles. The van der Waals surface area contributed by atoms with Gasteiger partial charge in [0.05, 0.1) is 0 Å². The fourth-order valence-corrected chi connectivity index (χ4v) is 3.54. The maximum absolute atomic E-state index is 12.2. The van der Waals surface area contributed by atoms with E-state index in [0.717, 1.165) is 25.1 Å². The fraction of sp³-hybridized carbons (Fsp3) is 0.562. The Morgan fingerprint density at radius 2 is 2.29 bits per heavy atom. The minimum absolute atomic E-state index is 0.0401. The molecule has 1 saturated heterocycles. The topological polar surface area (TPSA) is 49.4 Å². The maximum Gasteiger partial charge on any atom is 0.251 e. The van der Waals surface area contributed by atoms with Gasteiger partial charge in [0, 0.05) is 41.0 Å². The van der Waals surface area contributed by atoms with Crippen molar-refractivity contribution in [2.75, 3.05) is 25.9 Å². The highest BCUT2D eigenvalue weighted by Gasteiger charge is 2.23. The second-order valence-corrected chi connectivity index (χ2v) is 6.99. The summed E-state index contributed by atoms with van der Waals surface area (Å²) >= 11 is 0. The van der Waals surface area contributed by atoms with Crippen molar-refractivity contribution in [3.63, 3.8) is 0 Å². The monoisotopic (exact) mass is 308 g/mol. The van der Waals surface area contributed by atoms with Crippen LogP contribution in [0.3, 0.4) is 0 Å². The molecule has 0 saturated carbocycles. The van der Waals surface area contributed by atoms with Crippen LogP contribution in [0.4, 0.5) is 0 Å². The van der Waals surface area contributed by atoms with Crippen molar-refractivity contribution in [1.29, 1.82) is 0 Å².